The van der Waals surface area contributed by atoms with Crippen molar-refractivity contribution in [2.45, 2.75) is 353 Å². The summed E-state index contributed by atoms with van der Waals surface area (Å²) in [6.45, 7) is 60.5. The number of benzene rings is 5. The van der Waals surface area contributed by atoms with Crippen LogP contribution in [-0.4, -0.2) is 38.0 Å². The fraction of sp³-hybridized carbons (Fsp3) is 0.554. The highest BCUT2D eigenvalue weighted by atomic mass is 19.3. The molecule has 0 bridgehead atoms. The molecule has 5 aromatic carbocycles. The van der Waals surface area contributed by atoms with E-state index in [-0.39, 0.29) is 45.8 Å². The van der Waals surface area contributed by atoms with Gasteiger partial charge in [0.25, 0.3) is 0 Å². The van der Waals surface area contributed by atoms with E-state index in [9.17, 15) is 8.78 Å². The monoisotopic (exact) mass is 1470 g/mol. The third-order valence-electron chi connectivity index (χ3n) is 25.1. The van der Waals surface area contributed by atoms with Gasteiger partial charge in [-0.15, -0.1) is 0 Å². The molecule has 14 rings (SSSR count). The van der Waals surface area contributed by atoms with Crippen molar-refractivity contribution in [3.63, 3.8) is 0 Å². The molecular weight excluding hydrogens is 1340 g/mol. The highest BCUT2D eigenvalue weighted by Gasteiger charge is 2.38. The van der Waals surface area contributed by atoms with Crippen LogP contribution >= 0.6 is 0 Å². The van der Waals surface area contributed by atoms with Crippen LogP contribution in [0.5, 0.6) is 5.75 Å². The Balaban J connectivity index is 0.000000146. The topological polar surface area (TPSA) is 73.7 Å². The minimum absolute atomic E-state index is 0.0102. The summed E-state index contributed by atoms with van der Waals surface area (Å²) in [5.41, 5.74) is 31.9. The van der Waals surface area contributed by atoms with Crippen LogP contribution in [0.15, 0.2) is 91.0 Å². The van der Waals surface area contributed by atoms with Crippen LogP contribution in [0.2, 0.25) is 0 Å². The lowest BCUT2D eigenvalue weighted by atomic mass is 9.70. The van der Waals surface area contributed by atoms with E-state index < -0.39 is 5.92 Å². The van der Waals surface area contributed by atoms with Crippen molar-refractivity contribution >= 4 is 54.5 Å². The average molecular weight is 1480 g/mol. The number of ether oxygens (including phenoxy) is 1. The van der Waals surface area contributed by atoms with E-state index in [1.54, 1.807) is 7.11 Å². The fourth-order valence-electron chi connectivity index (χ4n) is 18.7. The van der Waals surface area contributed by atoms with Gasteiger partial charge in [-0.3, -0.25) is 19.9 Å². The lowest BCUT2D eigenvalue weighted by molar-refractivity contribution is -0.0381. The molecule has 0 radical (unpaired) electrons. The van der Waals surface area contributed by atoms with Gasteiger partial charge in [0.15, 0.2) is 0 Å². The zero-order chi connectivity index (χ0) is 80.0. The van der Waals surface area contributed by atoms with Crippen LogP contribution in [0.3, 0.4) is 0 Å². The van der Waals surface area contributed by atoms with E-state index in [2.05, 4.69) is 263 Å². The van der Waals surface area contributed by atoms with Crippen molar-refractivity contribution in [2.75, 3.05) is 7.11 Å². The predicted octanol–water partition coefficient (Wildman–Crippen LogP) is 29.4. The molecule has 586 valence electrons. The Morgan fingerprint density at radius 1 is 0.303 bits per heavy atom. The summed E-state index contributed by atoms with van der Waals surface area (Å²) in [5, 5.41) is 6.42. The first-order chi connectivity index (χ1) is 50.8. The van der Waals surface area contributed by atoms with Crippen molar-refractivity contribution in [2.24, 2.45) is 5.41 Å². The summed E-state index contributed by atoms with van der Waals surface area (Å²) in [5.74, 6) is 0.632. The molecule has 0 spiro atoms. The Kier molecular flexibility index (Phi) is 25.4. The molecule has 6 nitrogen and oxygen atoms in total. The van der Waals surface area contributed by atoms with Gasteiger partial charge in [-0.05, 0) is 304 Å². The van der Waals surface area contributed by atoms with Gasteiger partial charge in [-0.1, -0.05) is 204 Å². The van der Waals surface area contributed by atoms with E-state index in [0.29, 0.717) is 36.0 Å². The second-order valence-corrected chi connectivity index (χ2v) is 39.7. The van der Waals surface area contributed by atoms with Gasteiger partial charge in [0.05, 0.1) is 29.2 Å². The molecule has 0 N–H and O–H groups in total. The lowest BCUT2D eigenvalue weighted by Crippen LogP contribution is -2.24. The largest absolute Gasteiger partial charge is 0.494 e. The molecule has 5 heterocycles. The molecule has 4 aliphatic rings. The van der Waals surface area contributed by atoms with Crippen molar-refractivity contribution in [1.29, 1.82) is 0 Å². The van der Waals surface area contributed by atoms with Gasteiger partial charge in [0.2, 0.25) is 5.92 Å². The second-order valence-electron chi connectivity index (χ2n) is 39.7. The third-order valence-corrected chi connectivity index (χ3v) is 25.1. The highest BCUT2D eigenvalue weighted by molar-refractivity contribution is 5.92. The maximum atomic E-state index is 13.6. The number of nitrogens with zero attached hydrogens (tertiary/aromatic N) is 5. The van der Waals surface area contributed by atoms with Crippen molar-refractivity contribution in [1.82, 2.24) is 24.9 Å². The summed E-state index contributed by atoms with van der Waals surface area (Å²) in [7, 11) is 1.71. The lowest BCUT2D eigenvalue weighted by Gasteiger charge is -2.35. The zero-order valence-electron chi connectivity index (χ0n) is 72.9. The van der Waals surface area contributed by atoms with Crippen LogP contribution in [-0.2, 0) is 27.1 Å². The molecule has 0 atom stereocenters. The first-order valence-corrected chi connectivity index (χ1v) is 41.8. The number of fused-ring (bicyclic) bond motifs is 5. The maximum Gasteiger partial charge on any atom is 0.248 e. The predicted molar refractivity (Wildman–Crippen MR) is 464 cm³/mol. The first-order valence-electron chi connectivity index (χ1n) is 41.8. The average Bonchev–Trinajstić information content (AvgIpc) is 1.64. The van der Waals surface area contributed by atoms with Crippen LogP contribution in [0.1, 0.15) is 357 Å². The standard InChI is InChI=1S/C23H33N.C21H27F2N.C21H29N.C20H27N.C16H21NO/c1-15-8-9-18-16(2)20(22(3,4)5)14-19(21(18)24-15)17-10-12-23(6,7)13-11-17;1-13-6-7-16-14(2)18(20(3,4)5)12-17(19(16)24-13)15-8-10-21(22,23)11-9-15;1-14-11-12-17-15(2)19(21(3,4)5)13-18(20(17)22-14)16-9-7-6-8-10-16;1-13-10-11-16-14(2)18(20(3,4)5)12-17(19(16)21-13)15-8-6-7-9-15;1-10-7-8-12-11(2)13(16(3,4)5)9-14(18-6)15(12)17-10/h8-9,14,17H,10-13H2,1-7H3;6-7,12,15H,8-11H2,1-5H3;11-13,16H,6-10H2,1-5H3;10-12,15H,6-9H2,1-5H3;7-9H,1-6H3. The number of methoxy groups -OCH3 is 1. The molecule has 4 saturated carbocycles. The summed E-state index contributed by atoms with van der Waals surface area (Å²) < 4.78 is 32.7. The number of halogens is 2. The Bertz CT molecular complexity index is 4770. The van der Waals surface area contributed by atoms with Crippen LogP contribution < -0.4 is 4.74 Å². The maximum absolute atomic E-state index is 13.6. The van der Waals surface area contributed by atoms with Crippen molar-refractivity contribution < 1.29 is 13.5 Å². The van der Waals surface area contributed by atoms with Crippen LogP contribution in [0.4, 0.5) is 8.78 Å². The molecule has 0 aliphatic heterocycles. The van der Waals surface area contributed by atoms with Crippen LogP contribution in [0, 0.1) is 74.7 Å². The number of pyridine rings is 5. The zero-order valence-corrected chi connectivity index (χ0v) is 72.9. The summed E-state index contributed by atoms with van der Waals surface area (Å²) in [4.78, 5) is 24.2. The second kappa shape index (κ2) is 32.9. The molecule has 0 amide bonds. The SMILES string of the molecule is COc1cc(C(C)(C)C)c(C)c2ccc(C)nc12.Cc1ccc2c(C)c(C(C)(C)C)cc(C3CCC(C)(C)CC3)c2n1.Cc1ccc2c(C)c(C(C)(C)C)cc(C3CCC(F)(F)CC3)c2n1.Cc1ccc2c(C)c(C(C)(C)C)cc(C3CCCC3)c2n1.Cc1ccc2c(C)c(C(C)(C)C)cc(C3CCCCC3)c2n1. The summed E-state index contributed by atoms with van der Waals surface area (Å²) >= 11 is 0. The molecule has 10 aromatic rings. The summed E-state index contributed by atoms with van der Waals surface area (Å²) in [6, 6.07) is 33.5. The first kappa shape index (κ1) is 84.3. The molecule has 4 fully saturated rings. The number of aromatic nitrogens is 5. The molecule has 5 aromatic heterocycles. The number of aryl methyl sites for hydroxylation is 10. The molecule has 0 unspecified atom stereocenters. The normalized spacial score (nSPS) is 17.0. The molecule has 109 heavy (non-hydrogen) atoms. The Morgan fingerprint density at radius 2 is 0.523 bits per heavy atom. The fourth-order valence-corrected chi connectivity index (χ4v) is 18.7. The van der Waals surface area contributed by atoms with E-state index in [1.807, 2.05) is 19.9 Å². The van der Waals surface area contributed by atoms with Crippen molar-refractivity contribution in [3.8, 4) is 5.75 Å². The third kappa shape index (κ3) is 19.5. The number of hydrogen-bond acceptors (Lipinski definition) is 6. The summed E-state index contributed by atoms with van der Waals surface area (Å²) in [6.07, 6.45) is 18.5. The Morgan fingerprint density at radius 3 is 0.780 bits per heavy atom. The highest BCUT2D eigenvalue weighted by Crippen LogP contribution is 2.49. The quantitative estimate of drug-likeness (QED) is 0.171. The Hall–Kier alpha value is -7.19. The van der Waals surface area contributed by atoms with Gasteiger partial charge < -0.3 is 4.74 Å². The van der Waals surface area contributed by atoms with Gasteiger partial charge in [0.1, 0.15) is 11.3 Å². The number of rotatable bonds is 5. The van der Waals surface area contributed by atoms with E-state index in [4.69, 9.17) is 24.7 Å². The van der Waals surface area contributed by atoms with Gasteiger partial charge in [0, 0.05) is 68.2 Å². The van der Waals surface area contributed by atoms with Gasteiger partial charge >= 0.3 is 0 Å². The van der Waals surface area contributed by atoms with Gasteiger partial charge in [-0.25, -0.2) is 13.8 Å². The number of hydrogen-bond donors (Lipinski definition) is 0. The minimum atomic E-state index is -2.49. The smallest absolute Gasteiger partial charge is 0.248 e. The van der Waals surface area contributed by atoms with E-state index in [0.717, 1.165) is 45.3 Å². The molecule has 4 aliphatic carbocycles. The molecular formula is C101H137F2N5O. The number of alkyl halides is 2. The Labute approximate surface area is 657 Å². The van der Waals surface area contributed by atoms with E-state index in [1.165, 1.54) is 205 Å². The van der Waals surface area contributed by atoms with Crippen molar-refractivity contribution in [3.05, 3.63) is 197 Å². The minimum Gasteiger partial charge on any atom is -0.494 e. The molecule has 8 heteroatoms. The van der Waals surface area contributed by atoms with Gasteiger partial charge in [-0.2, -0.15) is 0 Å². The van der Waals surface area contributed by atoms with E-state index >= 15 is 0 Å². The van der Waals surface area contributed by atoms with Crippen LogP contribution in [0.25, 0.3) is 54.5 Å². The molecule has 0 saturated heterocycles.